The Labute approximate surface area is 156 Å². The van der Waals surface area contributed by atoms with Gasteiger partial charge in [0, 0.05) is 16.7 Å². The molecule has 4 nitrogen and oxygen atoms in total. The molecule has 0 aliphatic carbocycles. The van der Waals surface area contributed by atoms with Crippen molar-refractivity contribution in [2.75, 3.05) is 0 Å². The topological polar surface area (TPSA) is 47.5 Å². The van der Waals surface area contributed by atoms with Crippen LogP contribution in [0.4, 0.5) is 0 Å². The number of rotatable bonds is 2. The Hall–Kier alpha value is -2.89. The van der Waals surface area contributed by atoms with E-state index in [1.807, 2.05) is 60.7 Å². The van der Waals surface area contributed by atoms with E-state index in [9.17, 15) is 4.79 Å². The third-order valence-corrected chi connectivity index (χ3v) is 5.39. The van der Waals surface area contributed by atoms with Crippen molar-refractivity contribution in [1.29, 1.82) is 0 Å². The minimum absolute atomic E-state index is 0.0804. The molecule has 0 aliphatic rings. The van der Waals surface area contributed by atoms with Crippen LogP contribution in [0.2, 0.25) is 5.02 Å². The maximum absolute atomic E-state index is 12.8. The first-order valence-electron chi connectivity index (χ1n) is 7.96. The normalized spacial score (nSPS) is 12.4. The molecule has 5 rings (SSSR count). The molecule has 0 saturated heterocycles. The Bertz CT molecular complexity index is 1360. The number of fused-ring (bicyclic) bond motifs is 3. The average Bonchev–Trinajstić information content (AvgIpc) is 3.32. The van der Waals surface area contributed by atoms with Crippen LogP contribution in [0.25, 0.3) is 33.4 Å². The van der Waals surface area contributed by atoms with E-state index in [1.165, 1.54) is 11.3 Å². The minimum atomic E-state index is -0.0804. The molecule has 0 fully saturated rings. The summed E-state index contributed by atoms with van der Waals surface area (Å²) in [5.74, 6) is 1.35. The molecule has 0 bridgehead atoms. The smallest absolute Gasteiger partial charge is 0.275 e. The lowest BCUT2D eigenvalue weighted by Crippen LogP contribution is -2.22. The number of benzene rings is 2. The van der Waals surface area contributed by atoms with Gasteiger partial charge < -0.3 is 4.42 Å². The number of hydrogen-bond donors (Lipinski definition) is 0. The summed E-state index contributed by atoms with van der Waals surface area (Å²) in [6.45, 7) is 0. The fourth-order valence-corrected chi connectivity index (χ4v) is 4.03. The van der Waals surface area contributed by atoms with Crippen molar-refractivity contribution >= 4 is 45.0 Å². The summed E-state index contributed by atoms with van der Waals surface area (Å²) in [5.41, 5.74) is 2.50. The third kappa shape index (κ3) is 2.44. The largest absolute Gasteiger partial charge is 0.457 e. The molecule has 26 heavy (non-hydrogen) atoms. The molecule has 3 heterocycles. The zero-order valence-corrected chi connectivity index (χ0v) is 14.9. The zero-order chi connectivity index (χ0) is 17.7. The summed E-state index contributed by atoms with van der Waals surface area (Å²) in [4.78, 5) is 18.0. The highest BCUT2D eigenvalue weighted by Gasteiger charge is 2.11. The summed E-state index contributed by atoms with van der Waals surface area (Å²) in [6.07, 6.45) is 1.76. The van der Waals surface area contributed by atoms with Crippen LogP contribution in [-0.4, -0.2) is 9.38 Å². The van der Waals surface area contributed by atoms with E-state index < -0.39 is 0 Å². The van der Waals surface area contributed by atoms with E-state index in [2.05, 4.69) is 4.98 Å². The Morgan fingerprint density at radius 1 is 1.04 bits per heavy atom. The van der Waals surface area contributed by atoms with Gasteiger partial charge in [0.2, 0.25) is 0 Å². The molecule has 0 spiro atoms. The summed E-state index contributed by atoms with van der Waals surface area (Å²) >= 11 is 7.28. The van der Waals surface area contributed by atoms with E-state index >= 15 is 0 Å². The molecular weight excluding hydrogens is 368 g/mol. The maximum Gasteiger partial charge on any atom is 0.275 e. The van der Waals surface area contributed by atoms with E-state index in [1.54, 1.807) is 10.5 Å². The van der Waals surface area contributed by atoms with Crippen molar-refractivity contribution in [1.82, 2.24) is 9.38 Å². The number of aromatic nitrogens is 2. The van der Waals surface area contributed by atoms with Gasteiger partial charge in [-0.2, -0.15) is 0 Å². The van der Waals surface area contributed by atoms with Crippen LogP contribution < -0.4 is 10.1 Å². The molecule has 0 unspecified atom stereocenters. The highest BCUT2D eigenvalue weighted by Crippen LogP contribution is 2.24. The van der Waals surface area contributed by atoms with Crippen molar-refractivity contribution in [2.45, 2.75) is 0 Å². The quantitative estimate of drug-likeness (QED) is 0.458. The van der Waals surface area contributed by atoms with Gasteiger partial charge in [-0.25, -0.2) is 9.38 Å². The SMILES string of the molecule is O=c1c(=Cc2ccc(-c3ccc(Cl)cc3)o2)sc2nc3ccccc3n12. The predicted molar refractivity (Wildman–Crippen MR) is 105 cm³/mol. The Morgan fingerprint density at radius 2 is 1.85 bits per heavy atom. The van der Waals surface area contributed by atoms with Crippen LogP contribution in [0.3, 0.4) is 0 Å². The van der Waals surface area contributed by atoms with Gasteiger partial charge in [0.25, 0.3) is 5.56 Å². The van der Waals surface area contributed by atoms with E-state index in [0.717, 1.165) is 22.4 Å². The van der Waals surface area contributed by atoms with Crippen LogP contribution in [0.5, 0.6) is 0 Å². The van der Waals surface area contributed by atoms with E-state index in [4.69, 9.17) is 16.0 Å². The van der Waals surface area contributed by atoms with Gasteiger partial charge in [-0.15, -0.1) is 0 Å². The summed E-state index contributed by atoms with van der Waals surface area (Å²) in [5, 5.41) is 0.678. The fraction of sp³-hybridized carbons (Fsp3) is 0. The van der Waals surface area contributed by atoms with Crippen LogP contribution in [0.15, 0.2) is 69.9 Å². The number of para-hydroxylation sites is 2. The molecule has 2 aromatic carbocycles. The third-order valence-electron chi connectivity index (χ3n) is 4.17. The molecule has 5 aromatic rings. The molecule has 0 aliphatic heterocycles. The summed E-state index contributed by atoms with van der Waals surface area (Å²) < 4.78 is 8.11. The van der Waals surface area contributed by atoms with E-state index in [-0.39, 0.29) is 5.56 Å². The molecule has 0 radical (unpaired) electrons. The monoisotopic (exact) mass is 378 g/mol. The van der Waals surface area contributed by atoms with E-state index in [0.29, 0.717) is 20.3 Å². The first-order valence-corrected chi connectivity index (χ1v) is 9.16. The zero-order valence-electron chi connectivity index (χ0n) is 13.3. The Balaban J connectivity index is 1.62. The maximum atomic E-state index is 12.8. The van der Waals surface area contributed by atoms with Gasteiger partial charge in [0.15, 0.2) is 4.96 Å². The van der Waals surface area contributed by atoms with Crippen LogP contribution in [-0.2, 0) is 0 Å². The number of halogens is 1. The second-order valence-corrected chi connectivity index (χ2v) is 7.29. The highest BCUT2D eigenvalue weighted by molar-refractivity contribution is 7.15. The van der Waals surface area contributed by atoms with Crippen LogP contribution in [0.1, 0.15) is 5.76 Å². The number of furan rings is 1. The number of hydrogen-bond acceptors (Lipinski definition) is 4. The second kappa shape index (κ2) is 5.83. The van der Waals surface area contributed by atoms with Crippen LogP contribution >= 0.6 is 22.9 Å². The van der Waals surface area contributed by atoms with Crippen molar-refractivity contribution < 1.29 is 4.42 Å². The fourth-order valence-electron chi connectivity index (χ4n) is 2.94. The van der Waals surface area contributed by atoms with Gasteiger partial charge in [0.1, 0.15) is 16.1 Å². The predicted octanol–water partition coefficient (Wildman–Crippen LogP) is 4.37. The lowest BCUT2D eigenvalue weighted by molar-refractivity contribution is 0.571. The van der Waals surface area contributed by atoms with Gasteiger partial charge >= 0.3 is 0 Å². The highest BCUT2D eigenvalue weighted by atomic mass is 35.5. The summed E-state index contributed by atoms with van der Waals surface area (Å²) in [6, 6.07) is 18.8. The minimum Gasteiger partial charge on any atom is -0.457 e. The lowest BCUT2D eigenvalue weighted by Gasteiger charge is -1.96. The van der Waals surface area contributed by atoms with Crippen molar-refractivity contribution in [3.63, 3.8) is 0 Å². The number of nitrogens with zero attached hydrogens (tertiary/aromatic N) is 2. The van der Waals surface area contributed by atoms with Crippen LogP contribution in [0, 0.1) is 0 Å². The Kier molecular flexibility index (Phi) is 3.45. The average molecular weight is 379 g/mol. The van der Waals surface area contributed by atoms with Gasteiger partial charge in [-0.1, -0.05) is 35.1 Å². The second-order valence-electron chi connectivity index (χ2n) is 5.84. The Morgan fingerprint density at radius 3 is 2.69 bits per heavy atom. The van der Waals surface area contributed by atoms with Gasteiger partial charge in [0.05, 0.1) is 11.0 Å². The first kappa shape index (κ1) is 15.4. The molecule has 3 aromatic heterocycles. The summed E-state index contributed by atoms with van der Waals surface area (Å²) in [7, 11) is 0. The first-order chi connectivity index (χ1) is 12.7. The molecule has 0 saturated carbocycles. The van der Waals surface area contributed by atoms with Crippen molar-refractivity contribution in [2.24, 2.45) is 0 Å². The van der Waals surface area contributed by atoms with Gasteiger partial charge in [-0.3, -0.25) is 4.79 Å². The standard InChI is InChI=1S/C20H11ClN2O2S/c21-13-7-5-12(6-8-13)17-10-9-14(25-17)11-18-19(24)23-16-4-2-1-3-15(16)22-20(23)26-18/h1-11H. The van der Waals surface area contributed by atoms with Gasteiger partial charge in [-0.05, 0) is 48.5 Å². The number of imidazole rings is 1. The number of thiazole rings is 1. The lowest BCUT2D eigenvalue weighted by atomic mass is 10.2. The molecule has 6 heteroatoms. The van der Waals surface area contributed by atoms with Crippen molar-refractivity contribution in [3.8, 4) is 11.3 Å². The molecular formula is C20H11ClN2O2S. The van der Waals surface area contributed by atoms with Crippen molar-refractivity contribution in [3.05, 3.63) is 86.3 Å². The molecule has 0 amide bonds. The molecule has 0 atom stereocenters. The molecule has 0 N–H and O–H groups in total. The molecule has 126 valence electrons.